The smallest absolute Gasteiger partial charge is 0.203 e. The Morgan fingerprint density at radius 3 is 2.52 bits per heavy atom. The van der Waals surface area contributed by atoms with Gasteiger partial charge < -0.3 is 38.7 Å². The number of oxime groups is 1. The summed E-state index contributed by atoms with van der Waals surface area (Å²) in [5, 5.41) is 31.8. The van der Waals surface area contributed by atoms with Crippen molar-refractivity contribution in [3.8, 4) is 17.2 Å². The molecule has 3 heterocycles. The van der Waals surface area contributed by atoms with Crippen LogP contribution in [0.2, 0.25) is 0 Å². The summed E-state index contributed by atoms with van der Waals surface area (Å²) in [6.07, 6.45) is -2.37. The average molecular weight is 483 g/mol. The van der Waals surface area contributed by atoms with Gasteiger partial charge in [0.05, 0.1) is 39.8 Å². The van der Waals surface area contributed by atoms with Gasteiger partial charge in [-0.3, -0.25) is 5.10 Å². The van der Waals surface area contributed by atoms with Crippen LogP contribution in [0.15, 0.2) is 28.8 Å². The van der Waals surface area contributed by atoms with Crippen molar-refractivity contribution >= 4 is 17.5 Å². The van der Waals surface area contributed by atoms with Crippen molar-refractivity contribution in [2.45, 2.75) is 42.3 Å². The lowest BCUT2D eigenvalue weighted by Gasteiger charge is -2.17. The number of aliphatic hydroxyl groups excluding tert-OH is 2. The fourth-order valence-electron chi connectivity index (χ4n) is 3.55. The SMILES string of the molecule is COc1cc(C2=NOC(CO[C@@H]3O[C@H](CSc4ncn[nH]4)[C@@H](O)[C@H]3O)C2)cc(OC)c1OC. The number of benzene rings is 1. The van der Waals surface area contributed by atoms with Crippen LogP contribution in [0.1, 0.15) is 12.0 Å². The van der Waals surface area contributed by atoms with Gasteiger partial charge in [0.1, 0.15) is 18.5 Å². The first-order valence-electron chi connectivity index (χ1n) is 10.2. The first-order chi connectivity index (χ1) is 16.0. The van der Waals surface area contributed by atoms with Gasteiger partial charge in [-0.15, -0.1) is 0 Å². The fraction of sp³-hybridized carbons (Fsp3) is 0.550. The highest BCUT2D eigenvalue weighted by atomic mass is 32.2. The van der Waals surface area contributed by atoms with E-state index in [1.807, 2.05) is 0 Å². The number of aliphatic hydroxyl groups is 2. The van der Waals surface area contributed by atoms with Crippen molar-refractivity contribution in [1.29, 1.82) is 0 Å². The molecule has 0 aliphatic carbocycles. The van der Waals surface area contributed by atoms with Crippen molar-refractivity contribution in [2.24, 2.45) is 5.16 Å². The van der Waals surface area contributed by atoms with Crippen LogP contribution < -0.4 is 14.2 Å². The second-order valence-electron chi connectivity index (χ2n) is 7.34. The maximum atomic E-state index is 10.3. The summed E-state index contributed by atoms with van der Waals surface area (Å²) in [6, 6.07) is 3.59. The highest BCUT2D eigenvalue weighted by Crippen LogP contribution is 2.39. The van der Waals surface area contributed by atoms with E-state index >= 15 is 0 Å². The zero-order chi connectivity index (χ0) is 23.4. The number of hydrogen-bond acceptors (Lipinski definition) is 12. The van der Waals surface area contributed by atoms with E-state index < -0.39 is 24.6 Å². The molecule has 5 atom stereocenters. The molecule has 3 N–H and O–H groups in total. The van der Waals surface area contributed by atoms with Crippen LogP contribution in [-0.4, -0.2) is 95.5 Å². The summed E-state index contributed by atoms with van der Waals surface area (Å²) in [7, 11) is 4.63. The van der Waals surface area contributed by atoms with Gasteiger partial charge in [-0.05, 0) is 12.1 Å². The molecule has 4 rings (SSSR count). The summed E-state index contributed by atoms with van der Waals surface area (Å²) >= 11 is 1.33. The van der Waals surface area contributed by atoms with Crippen LogP contribution in [0.5, 0.6) is 17.2 Å². The Hall–Kier alpha value is -2.58. The normalized spacial score (nSPS) is 26.7. The van der Waals surface area contributed by atoms with Crippen molar-refractivity contribution in [1.82, 2.24) is 15.2 Å². The van der Waals surface area contributed by atoms with Crippen LogP contribution in [0.3, 0.4) is 0 Å². The highest BCUT2D eigenvalue weighted by Gasteiger charge is 2.44. The third kappa shape index (κ3) is 5.17. The van der Waals surface area contributed by atoms with E-state index in [2.05, 4.69) is 20.3 Å². The van der Waals surface area contributed by atoms with E-state index in [1.54, 1.807) is 26.4 Å². The van der Waals surface area contributed by atoms with Crippen molar-refractivity contribution < 1.29 is 38.7 Å². The Labute approximate surface area is 194 Å². The molecular weight excluding hydrogens is 456 g/mol. The Morgan fingerprint density at radius 2 is 1.88 bits per heavy atom. The first-order valence-corrected chi connectivity index (χ1v) is 11.2. The van der Waals surface area contributed by atoms with E-state index in [-0.39, 0.29) is 12.7 Å². The standard InChI is InChI=1S/C20H26N4O8S/c1-27-13-4-10(5-14(28-2)18(13)29-3)12-6-11(32-24-12)7-30-19-17(26)16(25)15(31-19)8-33-20-21-9-22-23-20/h4-5,9,11,15-17,19,25-26H,6-8H2,1-3H3,(H,21,22,23)/t11?,15-,16-,17-,19-/m1/s1. The molecule has 2 aliphatic rings. The number of nitrogens with one attached hydrogen (secondary N) is 1. The molecule has 0 amide bonds. The van der Waals surface area contributed by atoms with E-state index in [4.69, 9.17) is 28.5 Å². The molecule has 1 fully saturated rings. The molecule has 1 aromatic carbocycles. The van der Waals surface area contributed by atoms with Crippen molar-refractivity contribution in [3.05, 3.63) is 24.0 Å². The van der Waals surface area contributed by atoms with Gasteiger partial charge in [-0.2, -0.15) is 5.10 Å². The molecule has 2 aromatic rings. The largest absolute Gasteiger partial charge is 0.493 e. The number of ether oxygens (including phenoxy) is 5. The van der Waals surface area contributed by atoms with E-state index in [0.29, 0.717) is 40.3 Å². The number of thioether (sulfide) groups is 1. The topological polar surface area (TPSA) is 150 Å². The van der Waals surface area contributed by atoms with Crippen LogP contribution in [0.25, 0.3) is 0 Å². The van der Waals surface area contributed by atoms with Gasteiger partial charge in [0.15, 0.2) is 29.0 Å². The summed E-state index contributed by atoms with van der Waals surface area (Å²) < 4.78 is 27.5. The predicted molar refractivity (Wildman–Crippen MR) is 116 cm³/mol. The van der Waals surface area contributed by atoms with Gasteiger partial charge in [0.25, 0.3) is 0 Å². The van der Waals surface area contributed by atoms with Crippen molar-refractivity contribution in [2.75, 3.05) is 33.7 Å². The first kappa shape index (κ1) is 23.6. The summed E-state index contributed by atoms with van der Waals surface area (Å²) in [5.74, 6) is 1.90. The number of aromatic amines is 1. The number of H-pyrrole nitrogens is 1. The van der Waals surface area contributed by atoms with Gasteiger partial charge in [0, 0.05) is 17.7 Å². The van der Waals surface area contributed by atoms with E-state index in [1.165, 1.54) is 25.2 Å². The zero-order valence-corrected chi connectivity index (χ0v) is 19.2. The van der Waals surface area contributed by atoms with Gasteiger partial charge >= 0.3 is 0 Å². The number of rotatable bonds is 10. The summed E-state index contributed by atoms with van der Waals surface area (Å²) in [6.45, 7) is 0.119. The van der Waals surface area contributed by atoms with Gasteiger partial charge in [0.2, 0.25) is 5.75 Å². The van der Waals surface area contributed by atoms with Gasteiger partial charge in [-0.1, -0.05) is 16.9 Å². The minimum atomic E-state index is -1.18. The molecule has 2 aliphatic heterocycles. The Bertz CT molecular complexity index is 935. The number of methoxy groups -OCH3 is 3. The van der Waals surface area contributed by atoms with E-state index in [0.717, 1.165) is 5.56 Å². The minimum absolute atomic E-state index is 0.119. The second kappa shape index (κ2) is 10.6. The Balaban J connectivity index is 1.30. The molecule has 0 spiro atoms. The number of nitrogens with zero attached hydrogens (tertiary/aromatic N) is 3. The van der Waals surface area contributed by atoms with Crippen LogP contribution >= 0.6 is 11.8 Å². The molecular formula is C20H26N4O8S. The number of aromatic nitrogens is 3. The molecule has 33 heavy (non-hydrogen) atoms. The minimum Gasteiger partial charge on any atom is -0.493 e. The Morgan fingerprint density at radius 1 is 1.12 bits per heavy atom. The molecule has 1 aromatic heterocycles. The molecule has 180 valence electrons. The quantitative estimate of drug-likeness (QED) is 0.408. The third-order valence-electron chi connectivity index (χ3n) is 5.27. The lowest BCUT2D eigenvalue weighted by Crippen LogP contribution is -2.35. The predicted octanol–water partition coefficient (Wildman–Crippen LogP) is 0.579. The highest BCUT2D eigenvalue weighted by molar-refractivity contribution is 7.99. The molecule has 0 bridgehead atoms. The molecule has 0 radical (unpaired) electrons. The molecule has 13 heteroatoms. The molecule has 1 saturated heterocycles. The lowest BCUT2D eigenvalue weighted by atomic mass is 10.0. The Kier molecular flexibility index (Phi) is 7.55. The average Bonchev–Trinajstić information content (AvgIpc) is 3.58. The summed E-state index contributed by atoms with van der Waals surface area (Å²) in [5.41, 5.74) is 1.46. The van der Waals surface area contributed by atoms with Crippen LogP contribution in [0, 0.1) is 0 Å². The van der Waals surface area contributed by atoms with E-state index in [9.17, 15) is 10.2 Å². The van der Waals surface area contributed by atoms with Crippen molar-refractivity contribution in [3.63, 3.8) is 0 Å². The molecule has 0 saturated carbocycles. The third-order valence-corrected chi connectivity index (χ3v) is 6.24. The maximum absolute atomic E-state index is 10.3. The lowest BCUT2D eigenvalue weighted by molar-refractivity contribution is -0.177. The number of hydrogen-bond donors (Lipinski definition) is 3. The zero-order valence-electron chi connectivity index (χ0n) is 18.3. The molecule has 12 nitrogen and oxygen atoms in total. The molecule has 1 unspecified atom stereocenters. The monoisotopic (exact) mass is 482 g/mol. The van der Waals surface area contributed by atoms with Gasteiger partial charge in [-0.25, -0.2) is 4.98 Å². The van der Waals surface area contributed by atoms with Crippen LogP contribution in [-0.2, 0) is 14.3 Å². The fourth-order valence-corrected chi connectivity index (χ4v) is 4.39. The second-order valence-corrected chi connectivity index (χ2v) is 8.35. The van der Waals surface area contributed by atoms with Crippen LogP contribution in [0.4, 0.5) is 0 Å². The maximum Gasteiger partial charge on any atom is 0.203 e. The summed E-state index contributed by atoms with van der Waals surface area (Å²) in [4.78, 5) is 9.50.